The van der Waals surface area contributed by atoms with Gasteiger partial charge in [0, 0.05) is 63.6 Å². The minimum atomic E-state index is -0.0387. The second-order valence-corrected chi connectivity index (χ2v) is 6.59. The van der Waals surface area contributed by atoms with Gasteiger partial charge >= 0.3 is 0 Å². The average molecular weight is 331 g/mol. The van der Waals surface area contributed by atoms with E-state index >= 15 is 0 Å². The fraction of sp³-hybridized carbons (Fsp3) is 0.588. The molecule has 1 fully saturated rings. The predicted octanol–water partition coefficient (Wildman–Crippen LogP) is 1.76. The van der Waals surface area contributed by atoms with E-state index in [9.17, 15) is 4.79 Å². The Kier molecular flexibility index (Phi) is 4.99. The molecule has 0 N–H and O–H groups in total. The Morgan fingerprint density at radius 3 is 2.62 bits per heavy atom. The van der Waals surface area contributed by atoms with Crippen molar-refractivity contribution in [2.24, 2.45) is 0 Å². The number of piperazine rings is 1. The number of amides is 1. The van der Waals surface area contributed by atoms with Gasteiger partial charge in [-0.3, -0.25) is 9.69 Å². The zero-order valence-electron chi connectivity index (χ0n) is 14.6. The van der Waals surface area contributed by atoms with Gasteiger partial charge in [-0.25, -0.2) is 4.98 Å². The molecular weight excluding hydrogens is 306 g/mol. The SMILES string of the molecule is Cc1cc(C(=O)N2CCN(CCn3ccnc3C(C)C)CC2)no1. The van der Waals surface area contributed by atoms with Crippen LogP contribution in [0, 0.1) is 6.92 Å². The Balaban J connectivity index is 1.48. The number of nitrogens with zero attached hydrogens (tertiary/aromatic N) is 5. The summed E-state index contributed by atoms with van der Waals surface area (Å²) in [5, 5.41) is 3.82. The van der Waals surface area contributed by atoms with Crippen molar-refractivity contribution in [3.63, 3.8) is 0 Å². The van der Waals surface area contributed by atoms with Gasteiger partial charge in [-0.1, -0.05) is 19.0 Å². The molecule has 0 bridgehead atoms. The zero-order chi connectivity index (χ0) is 17.1. The van der Waals surface area contributed by atoms with Gasteiger partial charge < -0.3 is 14.0 Å². The van der Waals surface area contributed by atoms with E-state index in [-0.39, 0.29) is 5.91 Å². The van der Waals surface area contributed by atoms with Crippen molar-refractivity contribution in [2.75, 3.05) is 32.7 Å². The summed E-state index contributed by atoms with van der Waals surface area (Å²) in [5.74, 6) is 2.19. The molecule has 0 aliphatic carbocycles. The van der Waals surface area contributed by atoms with Gasteiger partial charge in [0.2, 0.25) is 0 Å². The number of carbonyl (C=O) groups is 1. The van der Waals surface area contributed by atoms with E-state index in [4.69, 9.17) is 4.52 Å². The van der Waals surface area contributed by atoms with Crippen molar-refractivity contribution in [1.29, 1.82) is 0 Å². The number of rotatable bonds is 5. The fourth-order valence-electron chi connectivity index (χ4n) is 3.06. The molecule has 0 saturated carbocycles. The minimum Gasteiger partial charge on any atom is -0.361 e. The Morgan fingerprint density at radius 1 is 1.25 bits per heavy atom. The molecule has 2 aromatic rings. The van der Waals surface area contributed by atoms with Gasteiger partial charge in [-0.15, -0.1) is 0 Å². The van der Waals surface area contributed by atoms with Crippen molar-refractivity contribution in [3.8, 4) is 0 Å². The van der Waals surface area contributed by atoms with E-state index < -0.39 is 0 Å². The number of aromatic nitrogens is 3. The lowest BCUT2D eigenvalue weighted by Gasteiger charge is -2.34. The maximum atomic E-state index is 12.4. The predicted molar refractivity (Wildman–Crippen MR) is 89.9 cm³/mol. The molecule has 3 rings (SSSR count). The maximum Gasteiger partial charge on any atom is 0.276 e. The van der Waals surface area contributed by atoms with Crippen molar-refractivity contribution < 1.29 is 9.32 Å². The third-order valence-electron chi connectivity index (χ3n) is 4.43. The Bertz CT molecular complexity index is 683. The van der Waals surface area contributed by atoms with Crippen LogP contribution in [-0.4, -0.2) is 63.1 Å². The van der Waals surface area contributed by atoms with E-state index in [1.807, 2.05) is 17.3 Å². The Hall–Kier alpha value is -2.15. The molecule has 0 unspecified atom stereocenters. The van der Waals surface area contributed by atoms with Gasteiger partial charge in [-0.05, 0) is 6.92 Å². The first kappa shape index (κ1) is 16.7. The molecule has 1 saturated heterocycles. The summed E-state index contributed by atoms with van der Waals surface area (Å²) in [5.41, 5.74) is 0.404. The third-order valence-corrected chi connectivity index (χ3v) is 4.43. The monoisotopic (exact) mass is 331 g/mol. The number of aryl methyl sites for hydroxylation is 1. The van der Waals surface area contributed by atoms with E-state index in [1.54, 1.807) is 13.0 Å². The summed E-state index contributed by atoms with van der Waals surface area (Å²) in [6, 6.07) is 1.70. The molecule has 7 nitrogen and oxygen atoms in total. The largest absolute Gasteiger partial charge is 0.361 e. The maximum absolute atomic E-state index is 12.4. The third kappa shape index (κ3) is 3.67. The molecule has 130 valence electrons. The first-order chi connectivity index (χ1) is 11.5. The second-order valence-electron chi connectivity index (χ2n) is 6.59. The molecule has 1 amide bonds. The van der Waals surface area contributed by atoms with Crippen LogP contribution in [0.3, 0.4) is 0 Å². The molecule has 0 aromatic carbocycles. The zero-order valence-corrected chi connectivity index (χ0v) is 14.6. The number of hydrogen-bond donors (Lipinski definition) is 0. The van der Waals surface area contributed by atoms with Gasteiger partial charge in [0.25, 0.3) is 5.91 Å². The van der Waals surface area contributed by atoms with Crippen LogP contribution in [0.5, 0.6) is 0 Å². The van der Waals surface area contributed by atoms with Crippen LogP contribution in [0.15, 0.2) is 23.0 Å². The average Bonchev–Trinajstić information content (AvgIpc) is 3.21. The molecule has 24 heavy (non-hydrogen) atoms. The molecule has 3 heterocycles. The molecule has 0 spiro atoms. The quantitative estimate of drug-likeness (QED) is 0.835. The van der Waals surface area contributed by atoms with Crippen LogP contribution in [0.4, 0.5) is 0 Å². The summed E-state index contributed by atoms with van der Waals surface area (Å²) < 4.78 is 7.21. The van der Waals surface area contributed by atoms with Gasteiger partial charge in [-0.2, -0.15) is 0 Å². The molecule has 0 radical (unpaired) electrons. The standard InChI is InChI=1S/C17H25N5O2/c1-13(2)16-18-4-5-21(16)9-6-20-7-10-22(11-8-20)17(23)15-12-14(3)24-19-15/h4-5,12-13H,6-11H2,1-3H3. The number of carbonyl (C=O) groups excluding carboxylic acids is 1. The Morgan fingerprint density at radius 2 is 2.00 bits per heavy atom. The van der Waals surface area contributed by atoms with E-state index in [0.717, 1.165) is 45.1 Å². The first-order valence-corrected chi connectivity index (χ1v) is 8.50. The van der Waals surface area contributed by atoms with Gasteiger partial charge in [0.15, 0.2) is 5.69 Å². The highest BCUT2D eigenvalue weighted by atomic mass is 16.5. The molecule has 2 aromatic heterocycles. The van der Waals surface area contributed by atoms with E-state index in [0.29, 0.717) is 17.4 Å². The van der Waals surface area contributed by atoms with Crippen molar-refractivity contribution in [1.82, 2.24) is 24.5 Å². The fourth-order valence-corrected chi connectivity index (χ4v) is 3.06. The van der Waals surface area contributed by atoms with Gasteiger partial charge in [0.05, 0.1) is 0 Å². The number of imidazole rings is 1. The lowest BCUT2D eigenvalue weighted by atomic mass is 10.2. The van der Waals surface area contributed by atoms with Crippen LogP contribution < -0.4 is 0 Å². The van der Waals surface area contributed by atoms with Gasteiger partial charge in [0.1, 0.15) is 11.6 Å². The highest BCUT2D eigenvalue weighted by Crippen LogP contribution is 2.13. The Labute approximate surface area is 142 Å². The summed E-state index contributed by atoms with van der Waals surface area (Å²) in [4.78, 5) is 21.0. The highest BCUT2D eigenvalue weighted by molar-refractivity contribution is 5.92. The topological polar surface area (TPSA) is 67.4 Å². The highest BCUT2D eigenvalue weighted by Gasteiger charge is 2.24. The smallest absolute Gasteiger partial charge is 0.276 e. The summed E-state index contributed by atoms with van der Waals surface area (Å²) in [7, 11) is 0. The van der Waals surface area contributed by atoms with E-state index in [2.05, 4.69) is 33.5 Å². The van der Waals surface area contributed by atoms with Crippen LogP contribution in [0.1, 0.15) is 41.8 Å². The number of hydrogen-bond acceptors (Lipinski definition) is 5. The van der Waals surface area contributed by atoms with Crippen LogP contribution >= 0.6 is 0 Å². The molecular formula is C17H25N5O2. The second kappa shape index (κ2) is 7.17. The summed E-state index contributed by atoms with van der Waals surface area (Å²) >= 11 is 0. The van der Waals surface area contributed by atoms with Crippen LogP contribution in [0.25, 0.3) is 0 Å². The molecule has 0 atom stereocenters. The molecule has 1 aliphatic rings. The van der Waals surface area contributed by atoms with Crippen LogP contribution in [0.2, 0.25) is 0 Å². The van der Waals surface area contributed by atoms with E-state index in [1.165, 1.54) is 0 Å². The molecule has 1 aliphatic heterocycles. The lowest BCUT2D eigenvalue weighted by Crippen LogP contribution is -2.49. The summed E-state index contributed by atoms with van der Waals surface area (Å²) in [6.45, 7) is 11.2. The lowest BCUT2D eigenvalue weighted by molar-refractivity contribution is 0.0623. The normalized spacial score (nSPS) is 16.1. The minimum absolute atomic E-state index is 0.0387. The van der Waals surface area contributed by atoms with Crippen molar-refractivity contribution in [2.45, 2.75) is 33.2 Å². The molecule has 7 heteroatoms. The van der Waals surface area contributed by atoms with Crippen molar-refractivity contribution >= 4 is 5.91 Å². The van der Waals surface area contributed by atoms with Crippen molar-refractivity contribution in [3.05, 3.63) is 35.7 Å². The van der Waals surface area contributed by atoms with Crippen LogP contribution in [-0.2, 0) is 6.54 Å². The first-order valence-electron chi connectivity index (χ1n) is 8.50. The summed E-state index contributed by atoms with van der Waals surface area (Å²) in [6.07, 6.45) is 3.91.